The van der Waals surface area contributed by atoms with Gasteiger partial charge in [-0.2, -0.15) is 0 Å². The third-order valence-electron chi connectivity index (χ3n) is 4.36. The van der Waals surface area contributed by atoms with Gasteiger partial charge in [-0.3, -0.25) is 9.79 Å². The van der Waals surface area contributed by atoms with Crippen molar-refractivity contribution in [1.82, 2.24) is 19.8 Å². The Hall–Kier alpha value is -1.76. The molecule has 24 heavy (non-hydrogen) atoms. The Labute approximate surface area is 147 Å². The molecule has 1 amide bonds. The molecule has 0 bridgehead atoms. The van der Waals surface area contributed by atoms with Crippen LogP contribution in [-0.4, -0.2) is 45.2 Å². The van der Waals surface area contributed by atoms with Crippen LogP contribution in [0, 0.1) is 0 Å². The van der Waals surface area contributed by atoms with Crippen LogP contribution in [0.1, 0.15) is 51.4 Å². The second-order valence-corrected chi connectivity index (χ2v) is 7.30. The van der Waals surface area contributed by atoms with E-state index in [1.165, 1.54) is 5.70 Å². The van der Waals surface area contributed by atoms with Gasteiger partial charge in [0.25, 0.3) is 0 Å². The van der Waals surface area contributed by atoms with E-state index in [4.69, 9.17) is 0 Å². The molecule has 1 aromatic heterocycles. The Bertz CT molecular complexity index is 664. The highest BCUT2D eigenvalue weighted by Crippen LogP contribution is 2.30. The van der Waals surface area contributed by atoms with Gasteiger partial charge in [0.05, 0.1) is 0 Å². The Morgan fingerprint density at radius 3 is 3.04 bits per heavy atom. The van der Waals surface area contributed by atoms with E-state index in [-0.39, 0.29) is 11.9 Å². The van der Waals surface area contributed by atoms with Crippen molar-refractivity contribution in [2.75, 3.05) is 19.6 Å². The second kappa shape index (κ2) is 7.42. The first-order valence-electron chi connectivity index (χ1n) is 8.56. The van der Waals surface area contributed by atoms with E-state index >= 15 is 0 Å². The molecule has 1 aromatic rings. The number of thioether (sulfide) groups is 1. The molecule has 0 aromatic carbocycles. The van der Waals surface area contributed by atoms with Crippen LogP contribution >= 0.6 is 11.8 Å². The maximum absolute atomic E-state index is 12.5. The highest BCUT2D eigenvalue weighted by molar-refractivity contribution is 8.16. The third kappa shape index (κ3) is 3.50. The zero-order chi connectivity index (χ0) is 17.1. The standard InChI is InChI=1S/C17H25N5OS/c1-12(2)15-18-8-10-21(15)13(3)16(23)19-7-5-14-11-24-17-20-6-4-9-22(14)17/h8,10-13H,4-7,9H2,1-3H3,(H,19,23)/t13-/m0/s1. The molecule has 0 saturated heterocycles. The molecule has 0 aliphatic carbocycles. The van der Waals surface area contributed by atoms with Crippen LogP contribution in [-0.2, 0) is 4.79 Å². The molecule has 0 spiro atoms. The zero-order valence-electron chi connectivity index (χ0n) is 14.5. The topological polar surface area (TPSA) is 62.5 Å². The van der Waals surface area contributed by atoms with Crippen LogP contribution in [0.25, 0.3) is 0 Å². The largest absolute Gasteiger partial charge is 0.354 e. The summed E-state index contributed by atoms with van der Waals surface area (Å²) in [5.74, 6) is 1.28. The summed E-state index contributed by atoms with van der Waals surface area (Å²) in [5.41, 5.74) is 1.26. The number of aromatic nitrogens is 2. The molecule has 0 unspecified atom stereocenters. The minimum atomic E-state index is -0.246. The summed E-state index contributed by atoms with van der Waals surface area (Å²) in [6, 6.07) is -0.246. The van der Waals surface area contributed by atoms with Crippen molar-refractivity contribution < 1.29 is 4.79 Å². The maximum atomic E-state index is 12.5. The van der Waals surface area contributed by atoms with E-state index in [1.807, 2.05) is 17.7 Å². The van der Waals surface area contributed by atoms with Crippen LogP contribution in [0.4, 0.5) is 0 Å². The molecule has 0 fully saturated rings. The van der Waals surface area contributed by atoms with Crippen LogP contribution < -0.4 is 5.32 Å². The van der Waals surface area contributed by atoms with E-state index in [0.29, 0.717) is 12.5 Å². The monoisotopic (exact) mass is 347 g/mol. The van der Waals surface area contributed by atoms with Gasteiger partial charge in [0.1, 0.15) is 11.9 Å². The lowest BCUT2D eigenvalue weighted by Crippen LogP contribution is -2.34. The zero-order valence-corrected chi connectivity index (χ0v) is 15.3. The summed E-state index contributed by atoms with van der Waals surface area (Å²) in [4.78, 5) is 23.6. The summed E-state index contributed by atoms with van der Waals surface area (Å²) < 4.78 is 1.96. The highest BCUT2D eigenvalue weighted by atomic mass is 32.2. The van der Waals surface area contributed by atoms with Crippen LogP contribution in [0.15, 0.2) is 28.5 Å². The Morgan fingerprint density at radius 2 is 2.25 bits per heavy atom. The highest BCUT2D eigenvalue weighted by Gasteiger charge is 2.25. The number of imidazole rings is 1. The molecule has 3 rings (SSSR count). The normalized spacial score (nSPS) is 18.2. The van der Waals surface area contributed by atoms with Gasteiger partial charge in [0, 0.05) is 50.1 Å². The summed E-state index contributed by atoms with van der Waals surface area (Å²) >= 11 is 1.69. The first kappa shape index (κ1) is 17.1. The molecule has 1 N–H and O–H groups in total. The SMILES string of the molecule is CC(C)c1nccn1[C@@H](C)C(=O)NCCC1=CSC2=NCCCN12. The average molecular weight is 347 g/mol. The predicted molar refractivity (Wildman–Crippen MR) is 98.0 cm³/mol. The number of nitrogens with one attached hydrogen (secondary N) is 1. The Morgan fingerprint density at radius 1 is 1.42 bits per heavy atom. The number of fused-ring (bicyclic) bond motifs is 1. The maximum Gasteiger partial charge on any atom is 0.242 e. The molecule has 1 atom stereocenters. The molecule has 130 valence electrons. The molecule has 2 aliphatic rings. The first-order valence-corrected chi connectivity index (χ1v) is 9.44. The Balaban J connectivity index is 1.52. The van der Waals surface area contributed by atoms with E-state index in [1.54, 1.807) is 18.0 Å². The first-order chi connectivity index (χ1) is 11.6. The quantitative estimate of drug-likeness (QED) is 0.859. The minimum absolute atomic E-state index is 0.0358. The van der Waals surface area contributed by atoms with Gasteiger partial charge in [0.2, 0.25) is 5.91 Å². The molecule has 6 nitrogen and oxygen atoms in total. The third-order valence-corrected chi connectivity index (χ3v) is 5.31. The van der Waals surface area contributed by atoms with Crippen LogP contribution in [0.5, 0.6) is 0 Å². The number of carbonyl (C=O) groups excluding carboxylic acids is 1. The number of carbonyl (C=O) groups is 1. The van der Waals surface area contributed by atoms with Crippen LogP contribution in [0.3, 0.4) is 0 Å². The fourth-order valence-corrected chi connectivity index (χ4v) is 4.01. The fraction of sp³-hybridized carbons (Fsp3) is 0.588. The molecule has 7 heteroatoms. The smallest absolute Gasteiger partial charge is 0.242 e. The molecular formula is C17H25N5OS. The van der Waals surface area contributed by atoms with Crippen molar-refractivity contribution in [2.45, 2.75) is 45.6 Å². The van der Waals surface area contributed by atoms with E-state index in [2.05, 4.69) is 39.4 Å². The minimum Gasteiger partial charge on any atom is -0.354 e. The van der Waals surface area contributed by atoms with E-state index < -0.39 is 0 Å². The van der Waals surface area contributed by atoms with Gasteiger partial charge < -0.3 is 14.8 Å². The lowest BCUT2D eigenvalue weighted by Gasteiger charge is -2.25. The van der Waals surface area contributed by atoms with Gasteiger partial charge in [-0.25, -0.2) is 4.98 Å². The number of hydrogen-bond acceptors (Lipinski definition) is 5. The van der Waals surface area contributed by atoms with E-state index in [9.17, 15) is 4.79 Å². The number of aliphatic imine (C=N–C) groups is 1. The lowest BCUT2D eigenvalue weighted by molar-refractivity contribution is -0.123. The number of hydrogen-bond donors (Lipinski definition) is 1. The van der Waals surface area contributed by atoms with Gasteiger partial charge in [-0.15, -0.1) is 0 Å². The van der Waals surface area contributed by atoms with Crippen molar-refractivity contribution in [3.8, 4) is 0 Å². The molecule has 0 saturated carbocycles. The number of rotatable bonds is 6. The lowest BCUT2D eigenvalue weighted by atomic mass is 10.2. The predicted octanol–water partition coefficient (Wildman–Crippen LogP) is 2.72. The van der Waals surface area contributed by atoms with E-state index in [0.717, 1.165) is 36.9 Å². The average Bonchev–Trinajstić information content (AvgIpc) is 3.21. The van der Waals surface area contributed by atoms with Crippen molar-refractivity contribution >= 4 is 22.8 Å². The van der Waals surface area contributed by atoms with Crippen molar-refractivity contribution in [3.05, 3.63) is 29.3 Å². The van der Waals surface area contributed by atoms with Crippen LogP contribution in [0.2, 0.25) is 0 Å². The molecule has 2 aliphatic heterocycles. The molecule has 3 heterocycles. The van der Waals surface area contributed by atoms with Gasteiger partial charge in [0.15, 0.2) is 5.17 Å². The summed E-state index contributed by atoms with van der Waals surface area (Å²) in [7, 11) is 0. The summed E-state index contributed by atoms with van der Waals surface area (Å²) in [6.45, 7) is 8.71. The van der Waals surface area contributed by atoms with Gasteiger partial charge in [-0.1, -0.05) is 25.6 Å². The van der Waals surface area contributed by atoms with Crippen molar-refractivity contribution in [3.63, 3.8) is 0 Å². The fourth-order valence-electron chi connectivity index (χ4n) is 3.02. The van der Waals surface area contributed by atoms with Crippen molar-refractivity contribution in [2.24, 2.45) is 4.99 Å². The molecular weight excluding hydrogens is 322 g/mol. The number of amidine groups is 1. The second-order valence-electron chi connectivity index (χ2n) is 6.46. The van der Waals surface area contributed by atoms with Crippen molar-refractivity contribution in [1.29, 1.82) is 0 Å². The Kier molecular flexibility index (Phi) is 5.28. The number of amides is 1. The summed E-state index contributed by atoms with van der Waals surface area (Å²) in [5, 5.41) is 6.32. The summed E-state index contributed by atoms with van der Waals surface area (Å²) in [6.07, 6.45) is 5.58. The number of nitrogens with zero attached hydrogens (tertiary/aromatic N) is 4. The van der Waals surface area contributed by atoms with Gasteiger partial charge in [-0.05, 0) is 18.8 Å². The van der Waals surface area contributed by atoms with Gasteiger partial charge >= 0.3 is 0 Å². The molecule has 0 radical (unpaired) electrons.